The van der Waals surface area contributed by atoms with Crippen LogP contribution in [0, 0.1) is 12.7 Å². The van der Waals surface area contributed by atoms with E-state index in [0.717, 1.165) is 29.2 Å². The smallest absolute Gasteiger partial charge is 0.335 e. The molecule has 0 saturated carbocycles. The van der Waals surface area contributed by atoms with Crippen molar-refractivity contribution in [3.05, 3.63) is 118 Å². The van der Waals surface area contributed by atoms with Crippen molar-refractivity contribution in [2.45, 2.75) is 60.3 Å². The van der Waals surface area contributed by atoms with Gasteiger partial charge >= 0.3 is 5.97 Å². The first-order valence-corrected chi connectivity index (χ1v) is 13.0. The van der Waals surface area contributed by atoms with E-state index in [4.69, 9.17) is 5.11 Å². The third-order valence-electron chi connectivity index (χ3n) is 6.29. The lowest BCUT2D eigenvalue weighted by Crippen LogP contribution is -2.22. The summed E-state index contributed by atoms with van der Waals surface area (Å²) in [5, 5.41) is 22.1. The summed E-state index contributed by atoms with van der Waals surface area (Å²) in [6.07, 6.45) is 6.14. The van der Waals surface area contributed by atoms with Crippen LogP contribution in [0.5, 0.6) is 0 Å². The van der Waals surface area contributed by atoms with Crippen molar-refractivity contribution in [1.82, 2.24) is 0 Å². The maximum absolute atomic E-state index is 14.3. The number of aryl methyl sites for hydroxylation is 1. The van der Waals surface area contributed by atoms with Crippen molar-refractivity contribution < 1.29 is 19.5 Å². The van der Waals surface area contributed by atoms with Gasteiger partial charge < -0.3 is 10.3 Å². The Hall–Kier alpha value is -3.99. The molecule has 3 aromatic rings. The topological polar surface area (TPSA) is 69.9 Å². The summed E-state index contributed by atoms with van der Waals surface area (Å²) >= 11 is 0. The van der Waals surface area contributed by atoms with Crippen LogP contribution >= 0.6 is 0 Å². The highest BCUT2D eigenvalue weighted by atomic mass is 19.1. The van der Waals surface area contributed by atoms with Crippen LogP contribution in [0.25, 0.3) is 11.6 Å². The van der Waals surface area contributed by atoms with Crippen LogP contribution in [0.3, 0.4) is 0 Å². The Morgan fingerprint density at radius 3 is 2.16 bits per heavy atom. The van der Waals surface area contributed by atoms with Crippen LogP contribution in [0.15, 0.2) is 78.0 Å². The van der Waals surface area contributed by atoms with Gasteiger partial charge in [0, 0.05) is 11.1 Å². The highest BCUT2D eigenvalue weighted by Gasteiger charge is 2.29. The van der Waals surface area contributed by atoms with Gasteiger partial charge in [-0.2, -0.15) is 0 Å². The molecule has 0 atom stereocenters. The van der Waals surface area contributed by atoms with E-state index in [1.165, 1.54) is 35.4 Å². The van der Waals surface area contributed by atoms with Crippen molar-refractivity contribution in [2.75, 3.05) is 0 Å². The minimum atomic E-state index is -1.19. The summed E-state index contributed by atoms with van der Waals surface area (Å²) < 4.78 is 14.3. The molecular weight excluding hydrogens is 477 g/mol. The molecule has 200 valence electrons. The number of hydrogen-bond donors (Lipinski definition) is 2. The number of aromatic carboxylic acids is 1. The van der Waals surface area contributed by atoms with Crippen molar-refractivity contribution >= 4 is 23.3 Å². The lowest BCUT2D eigenvalue weighted by Gasteiger charge is -2.33. The third kappa shape index (κ3) is 6.86. The molecule has 0 fully saturated rings. The summed E-state index contributed by atoms with van der Waals surface area (Å²) in [5.41, 5.74) is 6.79. The molecule has 38 heavy (non-hydrogen) atoms. The molecule has 0 radical (unpaired) electrons. The number of hydrogen-bond acceptors (Lipinski definition) is 3. The Morgan fingerprint density at radius 1 is 0.947 bits per heavy atom. The number of nitrogens with zero attached hydrogens (tertiary/aromatic N) is 1. The number of benzene rings is 3. The van der Waals surface area contributed by atoms with Crippen LogP contribution < -0.4 is 0 Å². The minimum absolute atomic E-state index is 0.109. The fraction of sp³-hybridized carbons (Fsp3) is 0.273. The summed E-state index contributed by atoms with van der Waals surface area (Å²) in [6.45, 7) is 14.4. The van der Waals surface area contributed by atoms with Crippen molar-refractivity contribution in [3.8, 4) is 0 Å². The zero-order chi connectivity index (χ0) is 28.5. The molecule has 2 N–H and O–H groups in total. The zero-order valence-corrected chi connectivity index (χ0v) is 23.3. The summed E-state index contributed by atoms with van der Waals surface area (Å²) in [6, 6.07) is 18.1. The predicted octanol–water partition coefficient (Wildman–Crippen LogP) is 8.89. The monoisotopic (exact) mass is 515 g/mol. The van der Waals surface area contributed by atoms with E-state index in [-0.39, 0.29) is 22.3 Å². The molecule has 0 spiro atoms. The number of carbonyl (C=O) groups is 1. The van der Waals surface area contributed by atoms with Gasteiger partial charge in [-0.05, 0) is 71.4 Å². The molecule has 0 aliphatic heterocycles. The fourth-order valence-corrected chi connectivity index (χ4v) is 4.23. The lowest BCUT2D eigenvalue weighted by atomic mass is 9.71. The molecule has 4 nitrogen and oxygen atoms in total. The van der Waals surface area contributed by atoms with E-state index < -0.39 is 11.8 Å². The number of halogens is 1. The van der Waals surface area contributed by atoms with Crippen molar-refractivity contribution in [1.29, 1.82) is 0 Å². The number of carboxylic acids is 1. The molecule has 1 aliphatic rings. The van der Waals surface area contributed by atoms with Gasteiger partial charge in [0.05, 0.1) is 5.56 Å². The highest BCUT2D eigenvalue weighted by Crippen LogP contribution is 2.41. The number of rotatable bonds is 5. The molecule has 0 unspecified atom stereocenters. The highest BCUT2D eigenvalue weighted by molar-refractivity contribution is 6.11. The zero-order valence-electron chi connectivity index (χ0n) is 23.3. The van der Waals surface area contributed by atoms with Gasteiger partial charge in [-0.1, -0.05) is 101 Å². The largest absolute Gasteiger partial charge is 0.478 e. The Balaban J connectivity index is 0.00000121. The van der Waals surface area contributed by atoms with Gasteiger partial charge in [-0.25, -0.2) is 9.18 Å². The molecule has 0 saturated heterocycles. The van der Waals surface area contributed by atoms with Crippen LogP contribution in [0.4, 0.5) is 4.39 Å². The predicted molar refractivity (Wildman–Crippen MR) is 156 cm³/mol. The van der Waals surface area contributed by atoms with Gasteiger partial charge in [0.25, 0.3) is 0 Å². The average molecular weight is 516 g/mol. The standard InChI is InChI=1S/C29H26FNO3.2C2H6/c1-18-4-6-19(7-5-18)23-14-15-29(2,3)25-16-21(10-12-24(23)25)27(31-34)13-11-20-8-9-22(28(32)33)17-26(20)30;2*1-2/h4-14,16-17,34H,15H2,1-3H3,(H,32,33);2*1-2H3/b13-11+,31-27+;;. The molecule has 0 aromatic heterocycles. The molecular formula is C33H38FNO3. The summed E-state index contributed by atoms with van der Waals surface area (Å²) in [5.74, 6) is -1.85. The van der Waals surface area contributed by atoms with E-state index in [1.807, 2.05) is 45.9 Å². The van der Waals surface area contributed by atoms with Gasteiger partial charge in [0.15, 0.2) is 0 Å². The molecule has 0 amide bonds. The number of fused-ring (bicyclic) bond motifs is 1. The molecule has 0 bridgehead atoms. The second-order valence-electron chi connectivity index (χ2n) is 9.19. The Kier molecular flexibility index (Phi) is 10.8. The SMILES string of the molecule is CC.CC.Cc1ccc(C2=CCC(C)(C)c3cc(C(/C=C/c4ccc(C(=O)O)cc4F)=N/O)ccc32)cc1. The number of oxime groups is 1. The van der Waals surface area contributed by atoms with Crippen LogP contribution in [-0.2, 0) is 5.41 Å². The van der Waals surface area contributed by atoms with Gasteiger partial charge in [0.1, 0.15) is 11.5 Å². The van der Waals surface area contributed by atoms with E-state index in [2.05, 4.69) is 56.3 Å². The minimum Gasteiger partial charge on any atom is -0.478 e. The number of allylic oxidation sites excluding steroid dienone is 2. The second kappa shape index (κ2) is 13.5. The second-order valence-corrected chi connectivity index (χ2v) is 9.19. The lowest BCUT2D eigenvalue weighted by molar-refractivity contribution is 0.0696. The molecule has 1 aliphatic carbocycles. The molecule has 4 rings (SSSR count). The van der Waals surface area contributed by atoms with Crippen LogP contribution in [0.2, 0.25) is 0 Å². The van der Waals surface area contributed by atoms with E-state index >= 15 is 0 Å². The first kappa shape index (κ1) is 30.2. The molecule has 5 heteroatoms. The van der Waals surface area contributed by atoms with E-state index in [9.17, 15) is 14.4 Å². The van der Waals surface area contributed by atoms with Gasteiger partial charge in [-0.15, -0.1) is 0 Å². The van der Waals surface area contributed by atoms with Crippen LogP contribution in [-0.4, -0.2) is 22.0 Å². The number of carboxylic acid groups (broad SMARTS) is 1. The molecule has 0 heterocycles. The normalized spacial score (nSPS) is 13.9. The first-order chi connectivity index (χ1) is 18.2. The summed E-state index contributed by atoms with van der Waals surface area (Å²) in [4.78, 5) is 11.0. The van der Waals surface area contributed by atoms with Crippen molar-refractivity contribution in [3.63, 3.8) is 0 Å². The Morgan fingerprint density at radius 2 is 1.58 bits per heavy atom. The molecule has 3 aromatic carbocycles. The first-order valence-electron chi connectivity index (χ1n) is 13.0. The van der Waals surface area contributed by atoms with Gasteiger partial charge in [0.2, 0.25) is 0 Å². The van der Waals surface area contributed by atoms with Crippen molar-refractivity contribution in [2.24, 2.45) is 5.16 Å². The van der Waals surface area contributed by atoms with E-state index in [0.29, 0.717) is 5.56 Å². The Bertz CT molecular complexity index is 1350. The van der Waals surface area contributed by atoms with E-state index in [1.54, 1.807) is 0 Å². The fourth-order valence-electron chi connectivity index (χ4n) is 4.23. The maximum atomic E-state index is 14.3. The third-order valence-corrected chi connectivity index (χ3v) is 6.29. The Labute approximate surface area is 225 Å². The summed E-state index contributed by atoms with van der Waals surface area (Å²) in [7, 11) is 0. The quantitative estimate of drug-likeness (QED) is 0.202. The average Bonchev–Trinajstić information content (AvgIpc) is 2.93. The van der Waals surface area contributed by atoms with Crippen LogP contribution in [0.1, 0.15) is 91.7 Å². The maximum Gasteiger partial charge on any atom is 0.335 e. The van der Waals surface area contributed by atoms with Gasteiger partial charge in [-0.3, -0.25) is 0 Å².